The first-order chi connectivity index (χ1) is 13.4. The predicted molar refractivity (Wildman–Crippen MR) is 103 cm³/mol. The van der Waals surface area contributed by atoms with E-state index in [1.807, 2.05) is 0 Å². The van der Waals surface area contributed by atoms with Crippen molar-refractivity contribution in [2.24, 2.45) is 11.8 Å². The number of nitrogens with one attached hydrogen (secondary N) is 1. The maximum atomic E-state index is 14.5. The number of benzene rings is 1. The molecule has 146 valence electrons. The number of hydrogen-bond acceptors (Lipinski definition) is 4. The number of pyridine rings is 1. The van der Waals surface area contributed by atoms with Gasteiger partial charge in [-0.15, -0.1) is 0 Å². The van der Waals surface area contributed by atoms with Crippen LogP contribution in [0.15, 0.2) is 59.5 Å². The Kier molecular flexibility index (Phi) is 5.73. The lowest BCUT2D eigenvalue weighted by atomic mass is 9.95. The molecule has 0 bridgehead atoms. The van der Waals surface area contributed by atoms with Crippen LogP contribution in [0.3, 0.4) is 0 Å². The van der Waals surface area contributed by atoms with E-state index in [-0.39, 0.29) is 17.9 Å². The van der Waals surface area contributed by atoms with Crippen molar-refractivity contribution in [3.8, 4) is 5.69 Å². The maximum absolute atomic E-state index is 14.5. The van der Waals surface area contributed by atoms with E-state index >= 15 is 0 Å². The van der Waals surface area contributed by atoms with Crippen molar-refractivity contribution < 1.29 is 18.7 Å². The molecule has 0 aliphatic heterocycles. The number of carbonyl (C=O) groups is 2. The Morgan fingerprint density at radius 1 is 1.25 bits per heavy atom. The number of ether oxygens (including phenoxy) is 1. The van der Waals surface area contributed by atoms with E-state index in [1.54, 1.807) is 19.1 Å². The molecule has 0 radical (unpaired) electrons. The maximum Gasteiger partial charge on any atom is 0.310 e. The molecule has 0 saturated heterocycles. The third-order valence-corrected chi connectivity index (χ3v) is 4.74. The molecule has 1 aliphatic carbocycles. The minimum absolute atomic E-state index is 0.0159. The molecule has 1 heterocycles. The molecule has 1 N–H and O–H groups in total. The van der Waals surface area contributed by atoms with Gasteiger partial charge in [0, 0.05) is 18.3 Å². The highest BCUT2D eigenvalue weighted by Crippen LogP contribution is 2.37. The lowest BCUT2D eigenvalue weighted by Crippen LogP contribution is -2.31. The summed E-state index contributed by atoms with van der Waals surface area (Å²) in [5, 5.41) is 2.54. The molecule has 1 aliphatic rings. The minimum atomic E-state index is -0.675. The van der Waals surface area contributed by atoms with Crippen molar-refractivity contribution in [1.82, 2.24) is 4.57 Å². The predicted octanol–water partition coefficient (Wildman–Crippen LogP) is 3.06. The zero-order chi connectivity index (χ0) is 20.3. The highest BCUT2D eigenvalue weighted by atomic mass is 19.1. The Balaban J connectivity index is 1.79. The third kappa shape index (κ3) is 4.03. The summed E-state index contributed by atoms with van der Waals surface area (Å²) in [5.74, 6) is -2.84. The van der Waals surface area contributed by atoms with E-state index in [1.165, 1.54) is 35.0 Å². The van der Waals surface area contributed by atoms with Crippen LogP contribution >= 0.6 is 0 Å². The molecular weight excluding hydrogens is 363 g/mol. The number of nitrogens with zero attached hydrogens (tertiary/aromatic N) is 1. The number of aromatic nitrogens is 1. The van der Waals surface area contributed by atoms with Gasteiger partial charge in [-0.3, -0.25) is 19.0 Å². The molecule has 6 nitrogen and oxygen atoms in total. The summed E-state index contributed by atoms with van der Waals surface area (Å²) in [7, 11) is 0. The van der Waals surface area contributed by atoms with Gasteiger partial charge < -0.3 is 10.1 Å². The third-order valence-electron chi connectivity index (χ3n) is 4.74. The average Bonchev–Trinajstić information content (AvgIpc) is 3.06. The van der Waals surface area contributed by atoms with Crippen molar-refractivity contribution in [3.63, 3.8) is 0 Å². The number of halogens is 1. The number of allylic oxidation sites excluding steroid dienone is 1. The zero-order valence-corrected chi connectivity index (χ0v) is 15.5. The number of carbonyl (C=O) groups excluding carboxylic acids is 2. The van der Waals surface area contributed by atoms with Gasteiger partial charge in [-0.1, -0.05) is 18.2 Å². The number of anilines is 1. The lowest BCUT2D eigenvalue weighted by Gasteiger charge is -2.18. The van der Waals surface area contributed by atoms with Gasteiger partial charge in [0.05, 0.1) is 29.8 Å². The SMILES string of the molecule is C=C1C[C@H](C(=O)Nc2ccc(-n3ccccc3=O)cc2F)[C@@H](C(=O)OCC)C1. The zero-order valence-electron chi connectivity index (χ0n) is 15.5. The monoisotopic (exact) mass is 384 g/mol. The van der Waals surface area contributed by atoms with Crippen LogP contribution < -0.4 is 10.9 Å². The van der Waals surface area contributed by atoms with Gasteiger partial charge in [0.25, 0.3) is 5.56 Å². The fourth-order valence-corrected chi connectivity index (χ4v) is 3.38. The first kappa shape index (κ1) is 19.5. The topological polar surface area (TPSA) is 77.4 Å². The second kappa shape index (κ2) is 8.21. The average molecular weight is 384 g/mol. The summed E-state index contributed by atoms with van der Waals surface area (Å²) in [6, 6.07) is 8.74. The fourth-order valence-electron chi connectivity index (χ4n) is 3.38. The fraction of sp³-hybridized carbons (Fsp3) is 0.286. The second-order valence-corrected chi connectivity index (χ2v) is 6.69. The Hall–Kier alpha value is -3.22. The van der Waals surface area contributed by atoms with Gasteiger partial charge in [-0.25, -0.2) is 4.39 Å². The molecule has 28 heavy (non-hydrogen) atoms. The number of rotatable bonds is 5. The van der Waals surface area contributed by atoms with E-state index in [0.717, 1.165) is 5.57 Å². The normalized spacial score (nSPS) is 18.7. The van der Waals surface area contributed by atoms with Gasteiger partial charge in [-0.2, -0.15) is 0 Å². The summed E-state index contributed by atoms with van der Waals surface area (Å²) in [4.78, 5) is 36.6. The van der Waals surface area contributed by atoms with Crippen molar-refractivity contribution in [1.29, 1.82) is 0 Å². The molecule has 1 aromatic carbocycles. The summed E-state index contributed by atoms with van der Waals surface area (Å²) in [6.45, 7) is 5.79. The smallest absolute Gasteiger partial charge is 0.310 e. The first-order valence-electron chi connectivity index (χ1n) is 9.02. The first-order valence-corrected chi connectivity index (χ1v) is 9.02. The largest absolute Gasteiger partial charge is 0.466 e. The summed E-state index contributed by atoms with van der Waals surface area (Å²) in [5.41, 5.74) is 0.829. The highest BCUT2D eigenvalue weighted by molar-refractivity contribution is 5.96. The summed E-state index contributed by atoms with van der Waals surface area (Å²) >= 11 is 0. The van der Waals surface area contributed by atoms with Gasteiger partial charge in [-0.05, 0) is 38.0 Å². The van der Waals surface area contributed by atoms with Gasteiger partial charge in [0.2, 0.25) is 5.91 Å². The standard InChI is InChI=1S/C21H21FN2O4/c1-3-28-21(27)16-11-13(2)10-15(16)20(26)23-18-8-7-14(12-17(18)22)24-9-5-4-6-19(24)25/h4-9,12,15-16H,2-3,10-11H2,1H3,(H,23,26)/t15-,16-/m0/s1. The Morgan fingerprint density at radius 3 is 2.68 bits per heavy atom. The molecule has 2 atom stereocenters. The molecule has 1 saturated carbocycles. The molecule has 1 amide bonds. The van der Waals surface area contributed by atoms with E-state index in [0.29, 0.717) is 18.5 Å². The van der Waals surface area contributed by atoms with Crippen LogP contribution in [-0.4, -0.2) is 23.1 Å². The van der Waals surface area contributed by atoms with Gasteiger partial charge >= 0.3 is 5.97 Å². The molecule has 1 aromatic heterocycles. The van der Waals surface area contributed by atoms with Crippen LogP contribution in [-0.2, 0) is 14.3 Å². The number of hydrogen-bond donors (Lipinski definition) is 1. The van der Waals surface area contributed by atoms with Crippen LogP contribution in [0.5, 0.6) is 0 Å². The Labute approximate surface area is 161 Å². The molecular formula is C21H21FN2O4. The van der Waals surface area contributed by atoms with Crippen molar-refractivity contribution in [2.45, 2.75) is 19.8 Å². The van der Waals surface area contributed by atoms with Crippen molar-refractivity contribution in [2.75, 3.05) is 11.9 Å². The Morgan fingerprint density at radius 2 is 2.00 bits per heavy atom. The van der Waals surface area contributed by atoms with E-state index < -0.39 is 29.5 Å². The van der Waals surface area contributed by atoms with Crippen LogP contribution in [0.1, 0.15) is 19.8 Å². The highest BCUT2D eigenvalue weighted by Gasteiger charge is 2.40. The van der Waals surface area contributed by atoms with Gasteiger partial charge in [0.1, 0.15) is 5.82 Å². The van der Waals surface area contributed by atoms with Crippen molar-refractivity contribution >= 4 is 17.6 Å². The molecule has 2 aromatic rings. The lowest BCUT2D eigenvalue weighted by molar-refractivity contribution is -0.150. The molecule has 7 heteroatoms. The molecule has 3 rings (SSSR count). The second-order valence-electron chi connectivity index (χ2n) is 6.69. The van der Waals surface area contributed by atoms with Crippen LogP contribution in [0.25, 0.3) is 5.69 Å². The summed E-state index contributed by atoms with van der Waals surface area (Å²) in [6.07, 6.45) is 2.27. The number of amides is 1. The summed E-state index contributed by atoms with van der Waals surface area (Å²) < 4.78 is 20.9. The van der Waals surface area contributed by atoms with Crippen LogP contribution in [0.4, 0.5) is 10.1 Å². The van der Waals surface area contributed by atoms with Gasteiger partial charge in [0.15, 0.2) is 0 Å². The Bertz CT molecular complexity index is 982. The van der Waals surface area contributed by atoms with Crippen LogP contribution in [0, 0.1) is 17.7 Å². The van der Waals surface area contributed by atoms with E-state index in [4.69, 9.17) is 4.74 Å². The van der Waals surface area contributed by atoms with E-state index in [9.17, 15) is 18.8 Å². The molecule has 1 fully saturated rings. The molecule has 0 spiro atoms. The van der Waals surface area contributed by atoms with Crippen LogP contribution in [0.2, 0.25) is 0 Å². The van der Waals surface area contributed by atoms with Crippen molar-refractivity contribution in [3.05, 3.63) is 70.9 Å². The quantitative estimate of drug-likeness (QED) is 0.635. The number of esters is 1. The minimum Gasteiger partial charge on any atom is -0.466 e. The van der Waals surface area contributed by atoms with E-state index in [2.05, 4.69) is 11.9 Å². The molecule has 0 unspecified atom stereocenters.